The van der Waals surface area contributed by atoms with Crippen LogP contribution in [-0.2, 0) is 13.5 Å². The third-order valence-electron chi connectivity index (χ3n) is 4.12. The van der Waals surface area contributed by atoms with Gasteiger partial charge in [-0.25, -0.2) is 0 Å². The molecule has 1 aliphatic carbocycles. The van der Waals surface area contributed by atoms with Crippen molar-refractivity contribution in [3.8, 4) is 0 Å². The van der Waals surface area contributed by atoms with Gasteiger partial charge in [-0.05, 0) is 63.9 Å². The summed E-state index contributed by atoms with van der Waals surface area (Å²) in [6.45, 7) is 3.04. The van der Waals surface area contributed by atoms with Crippen molar-refractivity contribution in [2.75, 3.05) is 20.6 Å². The predicted molar refractivity (Wildman–Crippen MR) is 72.1 cm³/mol. The fourth-order valence-corrected chi connectivity index (χ4v) is 3.28. The van der Waals surface area contributed by atoms with Crippen molar-refractivity contribution < 1.29 is 0 Å². The topological polar surface area (TPSA) is 34.2 Å². The zero-order valence-corrected chi connectivity index (χ0v) is 11.5. The summed E-state index contributed by atoms with van der Waals surface area (Å²) in [7, 11) is 6.54. The summed E-state index contributed by atoms with van der Waals surface area (Å²) in [6.07, 6.45) is 5.86. The molecule has 0 amide bonds. The number of nitrogens with two attached hydrogens (primary N) is 1. The molecule has 1 aromatic rings. The van der Waals surface area contributed by atoms with E-state index < -0.39 is 0 Å². The first-order valence-electron chi connectivity index (χ1n) is 6.55. The molecule has 3 nitrogen and oxygen atoms in total. The number of fused-ring (bicyclic) bond motifs is 1. The second-order valence-corrected chi connectivity index (χ2v) is 5.65. The van der Waals surface area contributed by atoms with Crippen LogP contribution in [0.2, 0.25) is 0 Å². The first-order chi connectivity index (χ1) is 8.04. The van der Waals surface area contributed by atoms with Gasteiger partial charge in [0.1, 0.15) is 0 Å². The van der Waals surface area contributed by atoms with Gasteiger partial charge < -0.3 is 15.2 Å². The summed E-state index contributed by atoms with van der Waals surface area (Å²) in [4.78, 5) is 2.36. The van der Waals surface area contributed by atoms with Crippen LogP contribution in [0.1, 0.15) is 35.7 Å². The van der Waals surface area contributed by atoms with Crippen molar-refractivity contribution in [3.05, 3.63) is 23.0 Å². The molecule has 2 rings (SSSR count). The van der Waals surface area contributed by atoms with Gasteiger partial charge in [0, 0.05) is 25.0 Å². The molecule has 0 bridgehead atoms. The van der Waals surface area contributed by atoms with E-state index >= 15 is 0 Å². The van der Waals surface area contributed by atoms with E-state index in [1.165, 1.54) is 24.1 Å². The van der Waals surface area contributed by atoms with E-state index in [1.807, 2.05) is 0 Å². The first-order valence-corrected chi connectivity index (χ1v) is 6.55. The third kappa shape index (κ3) is 2.26. The van der Waals surface area contributed by atoms with Gasteiger partial charge in [-0.3, -0.25) is 0 Å². The molecule has 0 aromatic carbocycles. The molecule has 17 heavy (non-hydrogen) atoms. The van der Waals surface area contributed by atoms with Crippen LogP contribution >= 0.6 is 0 Å². The van der Waals surface area contributed by atoms with Gasteiger partial charge >= 0.3 is 0 Å². The Kier molecular flexibility index (Phi) is 3.59. The van der Waals surface area contributed by atoms with Crippen LogP contribution in [0, 0.1) is 12.8 Å². The smallest absolute Gasteiger partial charge is 0.0365 e. The van der Waals surface area contributed by atoms with E-state index in [1.54, 1.807) is 5.56 Å². The highest BCUT2D eigenvalue weighted by molar-refractivity contribution is 5.36. The van der Waals surface area contributed by atoms with Crippen LogP contribution in [-0.4, -0.2) is 30.1 Å². The van der Waals surface area contributed by atoms with Crippen LogP contribution in [0.25, 0.3) is 0 Å². The third-order valence-corrected chi connectivity index (χ3v) is 4.12. The lowest BCUT2D eigenvalue weighted by atomic mass is 9.81. The Morgan fingerprint density at radius 1 is 1.47 bits per heavy atom. The van der Waals surface area contributed by atoms with Gasteiger partial charge in [0.05, 0.1) is 0 Å². The summed E-state index contributed by atoms with van der Waals surface area (Å²) in [5.41, 5.74) is 10.2. The van der Waals surface area contributed by atoms with Crippen LogP contribution in [0.4, 0.5) is 0 Å². The highest BCUT2D eigenvalue weighted by Crippen LogP contribution is 2.39. The lowest BCUT2D eigenvalue weighted by Gasteiger charge is -2.34. The number of rotatable bonds is 3. The van der Waals surface area contributed by atoms with E-state index in [-0.39, 0.29) is 0 Å². The van der Waals surface area contributed by atoms with Crippen molar-refractivity contribution in [1.82, 2.24) is 9.47 Å². The minimum atomic E-state index is 0.566. The van der Waals surface area contributed by atoms with Gasteiger partial charge in [-0.2, -0.15) is 0 Å². The molecule has 0 spiro atoms. The van der Waals surface area contributed by atoms with E-state index in [0.29, 0.717) is 6.04 Å². The average Bonchev–Trinajstić information content (AvgIpc) is 2.54. The summed E-state index contributed by atoms with van der Waals surface area (Å²) >= 11 is 0. The van der Waals surface area contributed by atoms with Gasteiger partial charge in [0.2, 0.25) is 0 Å². The summed E-state index contributed by atoms with van der Waals surface area (Å²) in [6, 6.07) is 0.566. The Labute approximate surface area is 105 Å². The lowest BCUT2D eigenvalue weighted by Crippen LogP contribution is -2.30. The second-order valence-electron chi connectivity index (χ2n) is 5.65. The zero-order chi connectivity index (χ0) is 12.6. The highest BCUT2D eigenvalue weighted by Gasteiger charge is 2.31. The maximum atomic E-state index is 5.72. The lowest BCUT2D eigenvalue weighted by molar-refractivity contribution is 0.223. The molecule has 0 aliphatic heterocycles. The van der Waals surface area contributed by atoms with Crippen LogP contribution < -0.4 is 5.73 Å². The second kappa shape index (κ2) is 4.83. The first kappa shape index (κ1) is 12.7. The minimum Gasteiger partial charge on any atom is -0.354 e. The molecule has 1 aliphatic rings. The molecule has 2 N–H and O–H groups in total. The Bertz CT molecular complexity index is 392. The van der Waals surface area contributed by atoms with Crippen molar-refractivity contribution in [2.45, 2.75) is 32.2 Å². The Hall–Kier alpha value is -0.800. The summed E-state index contributed by atoms with van der Waals surface area (Å²) < 4.78 is 2.31. The van der Waals surface area contributed by atoms with Crippen molar-refractivity contribution in [2.24, 2.45) is 18.7 Å². The number of hydrogen-bond donors (Lipinski definition) is 1. The summed E-state index contributed by atoms with van der Waals surface area (Å²) in [5, 5.41) is 0. The quantitative estimate of drug-likeness (QED) is 0.867. The molecule has 3 heteroatoms. The zero-order valence-electron chi connectivity index (χ0n) is 11.5. The Morgan fingerprint density at radius 3 is 2.76 bits per heavy atom. The van der Waals surface area contributed by atoms with Gasteiger partial charge in [0.25, 0.3) is 0 Å². The molecule has 0 fully saturated rings. The SMILES string of the molecule is Cc1cn(C)c2c1C(N(C)C)CC(CCN)C2. The average molecular weight is 235 g/mol. The fourth-order valence-electron chi connectivity index (χ4n) is 3.28. The van der Waals surface area contributed by atoms with Gasteiger partial charge in [-0.15, -0.1) is 0 Å². The number of aromatic nitrogens is 1. The van der Waals surface area contributed by atoms with E-state index in [2.05, 4.69) is 43.7 Å². The highest BCUT2D eigenvalue weighted by atomic mass is 15.1. The molecule has 0 saturated heterocycles. The Morgan fingerprint density at radius 2 is 2.18 bits per heavy atom. The largest absolute Gasteiger partial charge is 0.354 e. The van der Waals surface area contributed by atoms with E-state index in [4.69, 9.17) is 5.73 Å². The van der Waals surface area contributed by atoms with Gasteiger partial charge in [-0.1, -0.05) is 0 Å². The van der Waals surface area contributed by atoms with Crippen molar-refractivity contribution in [1.29, 1.82) is 0 Å². The molecule has 1 heterocycles. The van der Waals surface area contributed by atoms with E-state index in [9.17, 15) is 0 Å². The molecule has 2 atom stereocenters. The van der Waals surface area contributed by atoms with Crippen LogP contribution in [0.3, 0.4) is 0 Å². The standard InChI is InChI=1S/C14H25N3/c1-10-9-17(4)13-8-11(5-6-15)7-12(14(10)13)16(2)3/h9,11-12H,5-8,15H2,1-4H3. The maximum absolute atomic E-state index is 5.72. The molecule has 0 radical (unpaired) electrons. The molecule has 2 unspecified atom stereocenters. The molecule has 0 saturated carbocycles. The van der Waals surface area contributed by atoms with Crippen molar-refractivity contribution in [3.63, 3.8) is 0 Å². The molecular formula is C14H25N3. The van der Waals surface area contributed by atoms with Crippen molar-refractivity contribution >= 4 is 0 Å². The Balaban J connectivity index is 2.36. The minimum absolute atomic E-state index is 0.566. The van der Waals surface area contributed by atoms with Crippen LogP contribution in [0.5, 0.6) is 0 Å². The molecule has 96 valence electrons. The van der Waals surface area contributed by atoms with E-state index in [0.717, 1.165) is 18.9 Å². The number of aryl methyl sites for hydroxylation is 2. The normalized spacial score (nSPS) is 24.1. The van der Waals surface area contributed by atoms with Gasteiger partial charge in [0.15, 0.2) is 0 Å². The predicted octanol–water partition coefficient (Wildman–Crippen LogP) is 1.85. The number of hydrogen-bond acceptors (Lipinski definition) is 2. The maximum Gasteiger partial charge on any atom is 0.0365 e. The fraction of sp³-hybridized carbons (Fsp3) is 0.714. The number of nitrogens with zero attached hydrogens (tertiary/aromatic N) is 2. The monoisotopic (exact) mass is 235 g/mol. The van der Waals surface area contributed by atoms with Crippen LogP contribution in [0.15, 0.2) is 6.20 Å². The molecular weight excluding hydrogens is 210 g/mol. The molecule has 1 aromatic heterocycles. The summed E-state index contributed by atoms with van der Waals surface area (Å²) in [5.74, 6) is 0.743.